The summed E-state index contributed by atoms with van der Waals surface area (Å²) in [7, 11) is 0. The molecule has 0 aliphatic carbocycles. The van der Waals surface area contributed by atoms with E-state index in [0.717, 1.165) is 17.7 Å². The average molecular weight is 282 g/mol. The molecule has 0 heterocycles. The highest BCUT2D eigenvalue weighted by atomic mass is 16.1. The lowest BCUT2D eigenvalue weighted by atomic mass is 9.98. The molecule has 0 aliphatic rings. The summed E-state index contributed by atoms with van der Waals surface area (Å²) < 4.78 is 8.36. The molecule has 0 spiro atoms. The molecule has 1 amide bonds. The fourth-order valence-electron chi connectivity index (χ4n) is 2.27. The first-order valence-electron chi connectivity index (χ1n) is 7.86. The molecule has 2 rings (SSSR count). The van der Waals surface area contributed by atoms with Gasteiger partial charge in [0, 0.05) is 13.5 Å². The molecule has 2 aromatic carbocycles. The van der Waals surface area contributed by atoms with Gasteiger partial charge in [-0.3, -0.25) is 4.79 Å². The van der Waals surface area contributed by atoms with Gasteiger partial charge in [-0.05, 0) is 42.9 Å². The molecule has 0 unspecified atom stereocenters. The summed E-state index contributed by atoms with van der Waals surface area (Å²) in [6.45, 7) is 3.79. The van der Waals surface area contributed by atoms with Crippen molar-refractivity contribution in [3.8, 4) is 0 Å². The third-order valence-electron chi connectivity index (χ3n) is 3.56. The van der Waals surface area contributed by atoms with Gasteiger partial charge < -0.3 is 5.32 Å². The van der Waals surface area contributed by atoms with Crippen molar-refractivity contribution >= 4 is 11.6 Å². The van der Waals surface area contributed by atoms with Gasteiger partial charge in [0.15, 0.2) is 0 Å². The van der Waals surface area contributed by atoms with E-state index < -0.39 is 5.89 Å². The van der Waals surface area contributed by atoms with Gasteiger partial charge in [-0.1, -0.05) is 55.5 Å². The Labute approximate surface area is 128 Å². The second-order valence-corrected chi connectivity index (χ2v) is 5.48. The molecule has 2 aromatic rings. The monoisotopic (exact) mass is 282 g/mol. The fraction of sp³-hybridized carbons (Fsp3) is 0.316. The topological polar surface area (TPSA) is 29.1 Å². The van der Waals surface area contributed by atoms with Crippen LogP contribution in [0.1, 0.15) is 32.3 Å². The second kappa shape index (κ2) is 7.63. The van der Waals surface area contributed by atoms with E-state index >= 15 is 0 Å². The molecule has 1 atom stereocenters. The lowest BCUT2D eigenvalue weighted by molar-refractivity contribution is -0.117. The number of amides is 1. The van der Waals surface area contributed by atoms with E-state index in [-0.39, 0.29) is 12.3 Å². The number of rotatable bonds is 6. The molecule has 2 nitrogen and oxygen atoms in total. The van der Waals surface area contributed by atoms with Crippen LogP contribution >= 0.6 is 0 Å². The van der Waals surface area contributed by atoms with Crippen LogP contribution in [0, 0.1) is 12.8 Å². The van der Waals surface area contributed by atoms with E-state index in [0.29, 0.717) is 6.42 Å². The number of carbonyl (C=O) groups is 1. The van der Waals surface area contributed by atoms with E-state index in [2.05, 4.69) is 17.4 Å². The summed E-state index contributed by atoms with van der Waals surface area (Å²) in [5.74, 6) is -0.859. The zero-order valence-corrected chi connectivity index (χ0v) is 12.7. The highest BCUT2D eigenvalue weighted by Crippen LogP contribution is 2.16. The minimum Gasteiger partial charge on any atom is -0.326 e. The van der Waals surface area contributed by atoms with Crippen molar-refractivity contribution in [2.75, 3.05) is 5.32 Å². The van der Waals surface area contributed by atoms with Gasteiger partial charge >= 0.3 is 0 Å². The van der Waals surface area contributed by atoms with Gasteiger partial charge in [-0.2, -0.15) is 0 Å². The van der Waals surface area contributed by atoms with E-state index in [9.17, 15) is 4.79 Å². The summed E-state index contributed by atoms with van der Waals surface area (Å²) in [4.78, 5) is 12.2. The quantitative estimate of drug-likeness (QED) is 0.824. The molecule has 1 N–H and O–H groups in total. The Kier molecular flexibility index (Phi) is 5.04. The molecule has 0 radical (unpaired) electrons. The largest absolute Gasteiger partial charge is 0.326 e. The lowest BCUT2D eigenvalue weighted by Crippen LogP contribution is -2.16. The van der Waals surface area contributed by atoms with Gasteiger partial charge in [-0.15, -0.1) is 0 Å². The van der Waals surface area contributed by atoms with Crippen molar-refractivity contribution < 1.29 is 6.17 Å². The number of hydrogen-bond donors (Lipinski definition) is 1. The van der Waals surface area contributed by atoms with Crippen LogP contribution in [0.3, 0.4) is 0 Å². The second-order valence-electron chi connectivity index (χ2n) is 5.48. The van der Waals surface area contributed by atoms with Gasteiger partial charge in [0.05, 0.1) is 0 Å². The Morgan fingerprint density at radius 1 is 1.14 bits per heavy atom. The molecule has 0 fully saturated rings. The maximum atomic E-state index is 12.2. The molecule has 2 heteroatoms. The molecular formula is C19H23NO. The van der Waals surface area contributed by atoms with Crippen LogP contribution in [0.5, 0.6) is 0 Å². The molecule has 21 heavy (non-hydrogen) atoms. The van der Waals surface area contributed by atoms with Crippen molar-refractivity contribution in [3.63, 3.8) is 0 Å². The van der Waals surface area contributed by atoms with E-state index in [1.54, 1.807) is 0 Å². The Bertz CT molecular complexity index is 622. The zero-order chi connectivity index (χ0) is 16.0. The predicted molar refractivity (Wildman–Crippen MR) is 88.4 cm³/mol. The van der Waals surface area contributed by atoms with Crippen LogP contribution in [0.15, 0.2) is 54.6 Å². The minimum absolute atomic E-state index is 0.0974. The molecule has 0 aromatic heterocycles. The van der Waals surface area contributed by atoms with E-state index in [1.807, 2.05) is 56.3 Å². The average Bonchev–Trinajstić information content (AvgIpc) is 2.48. The van der Waals surface area contributed by atoms with Crippen LogP contribution in [0.2, 0.25) is 0 Å². The zero-order valence-electron chi connectivity index (χ0n) is 13.7. The first kappa shape index (κ1) is 13.9. The maximum absolute atomic E-state index is 12.2. The molecule has 110 valence electrons. The first-order chi connectivity index (χ1) is 10.5. The van der Waals surface area contributed by atoms with Crippen LogP contribution < -0.4 is 5.32 Å². The highest BCUT2D eigenvalue weighted by Gasteiger charge is 2.10. The van der Waals surface area contributed by atoms with Crippen molar-refractivity contribution in [2.24, 2.45) is 5.89 Å². The van der Waals surface area contributed by atoms with Crippen LogP contribution in [-0.2, 0) is 11.2 Å². The smallest absolute Gasteiger partial charge is 0.224 e. The van der Waals surface area contributed by atoms with Crippen LogP contribution in [0.4, 0.5) is 5.69 Å². The minimum atomic E-state index is -0.761. The third-order valence-corrected chi connectivity index (χ3v) is 3.56. The summed E-state index contributed by atoms with van der Waals surface area (Å²) in [6.07, 6.45) is 1.69. The first-order valence-corrected chi connectivity index (χ1v) is 7.36. The van der Waals surface area contributed by atoms with Gasteiger partial charge in [0.25, 0.3) is 0 Å². The Hall–Kier alpha value is -2.09. The number of carbonyl (C=O) groups excluding carboxylic acids is 1. The maximum Gasteiger partial charge on any atom is 0.224 e. The molecular weight excluding hydrogens is 258 g/mol. The highest BCUT2D eigenvalue weighted by molar-refractivity contribution is 5.91. The van der Waals surface area contributed by atoms with E-state index in [4.69, 9.17) is 1.37 Å². The lowest BCUT2D eigenvalue weighted by Gasteiger charge is -2.13. The number of nitrogens with one attached hydrogen (secondary N) is 1. The third kappa shape index (κ3) is 5.07. The van der Waals surface area contributed by atoms with Crippen molar-refractivity contribution in [1.82, 2.24) is 0 Å². The van der Waals surface area contributed by atoms with Gasteiger partial charge in [0.2, 0.25) is 5.91 Å². The SMILES string of the molecule is [2H][C@@](C)(CCc1ccccc1)CC(=O)Nc1ccccc1C. The number of hydrogen-bond acceptors (Lipinski definition) is 1. The summed E-state index contributed by atoms with van der Waals surface area (Å²) in [5, 5.41) is 2.91. The number of para-hydroxylation sites is 1. The Morgan fingerprint density at radius 3 is 2.52 bits per heavy atom. The summed E-state index contributed by atoms with van der Waals surface area (Å²) in [6, 6.07) is 17.8. The molecule has 0 saturated heterocycles. The Balaban J connectivity index is 1.88. The van der Waals surface area contributed by atoms with Crippen molar-refractivity contribution in [1.29, 1.82) is 0 Å². The number of benzene rings is 2. The standard InChI is InChI=1S/C19H23NO/c1-15(12-13-17-9-4-3-5-10-17)14-19(21)20-18-11-7-6-8-16(18)2/h3-11,15H,12-14H2,1-2H3,(H,20,21)/t15-/m1/s1/i15D. The summed E-state index contributed by atoms with van der Waals surface area (Å²) >= 11 is 0. The molecule has 0 aliphatic heterocycles. The fourth-order valence-corrected chi connectivity index (χ4v) is 2.27. The van der Waals surface area contributed by atoms with Crippen molar-refractivity contribution in [2.45, 2.75) is 33.1 Å². The van der Waals surface area contributed by atoms with Gasteiger partial charge in [-0.25, -0.2) is 0 Å². The number of anilines is 1. The van der Waals surface area contributed by atoms with Crippen LogP contribution in [0.25, 0.3) is 0 Å². The summed E-state index contributed by atoms with van der Waals surface area (Å²) in [5.41, 5.74) is 3.07. The predicted octanol–water partition coefficient (Wildman–Crippen LogP) is 4.59. The van der Waals surface area contributed by atoms with Crippen LogP contribution in [-0.4, -0.2) is 5.91 Å². The van der Waals surface area contributed by atoms with Gasteiger partial charge in [0.1, 0.15) is 0 Å². The Morgan fingerprint density at radius 2 is 1.81 bits per heavy atom. The van der Waals surface area contributed by atoms with E-state index in [1.165, 1.54) is 5.56 Å². The molecule has 0 bridgehead atoms. The molecule has 0 saturated carbocycles. The number of aryl methyl sites for hydroxylation is 2. The van der Waals surface area contributed by atoms with Crippen molar-refractivity contribution in [3.05, 3.63) is 65.7 Å². The normalized spacial score (nSPS) is 14.1.